The Hall–Kier alpha value is -5.44. The Labute approximate surface area is 278 Å². The lowest BCUT2D eigenvalue weighted by atomic mass is 9.81. The zero-order chi connectivity index (χ0) is 31.3. The highest BCUT2D eigenvalue weighted by Gasteiger charge is 2.38. The normalized spacial score (nSPS) is 13.5. The molecule has 0 aliphatic heterocycles. The molecule has 2 heterocycles. The van der Waals surface area contributed by atoms with E-state index in [-0.39, 0.29) is 5.41 Å². The average Bonchev–Trinajstić information content (AvgIpc) is 3.74. The quantitative estimate of drug-likeness (QED) is 0.186. The molecule has 0 fully saturated rings. The monoisotopic (exact) mass is 617 g/mol. The van der Waals surface area contributed by atoms with E-state index < -0.39 is 0 Å². The first-order valence-electron chi connectivity index (χ1n) is 16.4. The van der Waals surface area contributed by atoms with Gasteiger partial charge >= 0.3 is 0 Å². The lowest BCUT2D eigenvalue weighted by molar-refractivity contribution is 0.664. The molecule has 0 amide bonds. The summed E-state index contributed by atoms with van der Waals surface area (Å²) in [5.74, 6) is 0. The van der Waals surface area contributed by atoms with Crippen LogP contribution in [0.4, 0.5) is 0 Å². The Kier molecular flexibility index (Phi) is 5.57. The predicted octanol–water partition coefficient (Wildman–Crippen LogP) is 12.8. The van der Waals surface area contributed by atoms with Crippen LogP contribution in [0.2, 0.25) is 0 Å². The van der Waals surface area contributed by atoms with E-state index in [0.717, 1.165) is 0 Å². The summed E-state index contributed by atoms with van der Waals surface area (Å²) < 4.78 is 5.19. The van der Waals surface area contributed by atoms with Crippen molar-refractivity contribution < 1.29 is 0 Å². The van der Waals surface area contributed by atoms with Crippen molar-refractivity contribution in [2.24, 2.45) is 0 Å². The Bertz CT molecular complexity index is 2700. The van der Waals surface area contributed by atoms with Crippen LogP contribution in [0.15, 0.2) is 152 Å². The Morgan fingerprint density at radius 3 is 2.09 bits per heavy atom. The minimum Gasteiger partial charge on any atom is -0.309 e. The van der Waals surface area contributed by atoms with Gasteiger partial charge in [-0.3, -0.25) is 0 Å². The van der Waals surface area contributed by atoms with Gasteiger partial charge in [-0.1, -0.05) is 135 Å². The minimum absolute atomic E-state index is 0.102. The molecule has 222 valence electrons. The molecule has 0 radical (unpaired) electrons. The molecule has 10 rings (SSSR count). The van der Waals surface area contributed by atoms with E-state index in [1.165, 1.54) is 92.2 Å². The van der Waals surface area contributed by atoms with Crippen LogP contribution in [0.1, 0.15) is 25.0 Å². The van der Waals surface area contributed by atoms with Crippen molar-refractivity contribution >= 4 is 53.3 Å². The molecule has 7 aromatic carbocycles. The molecular weight excluding hydrogens is 587 g/mol. The summed E-state index contributed by atoms with van der Waals surface area (Å²) in [5, 5.41) is 5.28. The second-order valence-electron chi connectivity index (χ2n) is 13.3. The van der Waals surface area contributed by atoms with Crippen LogP contribution in [-0.2, 0) is 5.41 Å². The summed E-state index contributed by atoms with van der Waals surface area (Å²) in [4.78, 5) is 0. The van der Waals surface area contributed by atoms with Crippen LogP contribution in [-0.4, -0.2) is 4.57 Å². The van der Waals surface area contributed by atoms with Gasteiger partial charge in [-0.15, -0.1) is 11.3 Å². The van der Waals surface area contributed by atoms with E-state index in [4.69, 9.17) is 0 Å². The molecule has 2 aromatic heterocycles. The molecule has 0 saturated carbocycles. The second-order valence-corrected chi connectivity index (χ2v) is 14.4. The summed E-state index contributed by atoms with van der Waals surface area (Å²) in [6.07, 6.45) is 0. The van der Waals surface area contributed by atoms with E-state index in [0.29, 0.717) is 0 Å². The molecule has 0 unspecified atom stereocenters. The zero-order valence-electron chi connectivity index (χ0n) is 26.3. The van der Waals surface area contributed by atoms with Crippen LogP contribution < -0.4 is 0 Å². The Morgan fingerprint density at radius 2 is 1.19 bits per heavy atom. The lowest BCUT2D eigenvalue weighted by Crippen LogP contribution is -2.16. The van der Waals surface area contributed by atoms with Gasteiger partial charge in [0.15, 0.2) is 0 Å². The van der Waals surface area contributed by atoms with Gasteiger partial charge in [0.25, 0.3) is 0 Å². The summed E-state index contributed by atoms with van der Waals surface area (Å²) in [5.41, 5.74) is 14.2. The van der Waals surface area contributed by atoms with Gasteiger partial charge in [0.1, 0.15) is 0 Å². The van der Waals surface area contributed by atoms with Crippen molar-refractivity contribution in [2.45, 2.75) is 19.3 Å². The van der Waals surface area contributed by atoms with Gasteiger partial charge in [-0.2, -0.15) is 0 Å². The van der Waals surface area contributed by atoms with Gasteiger partial charge in [0, 0.05) is 42.0 Å². The van der Waals surface area contributed by atoms with Crippen LogP contribution >= 0.6 is 11.3 Å². The number of thiophene rings is 1. The largest absolute Gasteiger partial charge is 0.309 e. The summed E-state index contributed by atoms with van der Waals surface area (Å²) in [7, 11) is 0. The molecule has 0 N–H and O–H groups in total. The molecule has 47 heavy (non-hydrogen) atoms. The van der Waals surface area contributed by atoms with Crippen LogP contribution in [0.5, 0.6) is 0 Å². The number of para-hydroxylation sites is 1. The third-order valence-electron chi connectivity index (χ3n) is 10.4. The van der Waals surface area contributed by atoms with Crippen molar-refractivity contribution in [1.82, 2.24) is 4.57 Å². The zero-order valence-corrected chi connectivity index (χ0v) is 27.1. The molecule has 1 aliphatic rings. The van der Waals surface area contributed by atoms with Crippen molar-refractivity contribution in [2.75, 3.05) is 0 Å². The van der Waals surface area contributed by atoms with Gasteiger partial charge in [-0.25, -0.2) is 0 Å². The van der Waals surface area contributed by atoms with E-state index in [2.05, 4.69) is 170 Å². The maximum Gasteiger partial charge on any atom is 0.0588 e. The summed E-state index contributed by atoms with van der Waals surface area (Å²) in [6, 6.07) is 56.1. The number of hydrogen-bond acceptors (Lipinski definition) is 1. The molecule has 9 aromatic rings. The fourth-order valence-electron chi connectivity index (χ4n) is 8.22. The number of benzene rings is 7. The van der Waals surface area contributed by atoms with Crippen LogP contribution in [0.25, 0.3) is 81.0 Å². The van der Waals surface area contributed by atoms with Gasteiger partial charge < -0.3 is 4.57 Å². The molecule has 0 atom stereocenters. The van der Waals surface area contributed by atoms with Gasteiger partial charge in [0.2, 0.25) is 0 Å². The smallest absolute Gasteiger partial charge is 0.0588 e. The standard InChI is InChI=1S/C45H31NS/c1-45(2)39-18-6-3-13-33(39)36-25-26-37-34-14-4-7-19-40(34)46(43(37)42(36)45)31-23-21-28(22-24-31)29-11-9-12-30(27-29)32-16-10-17-38-35-15-5-8-20-41(35)47-44(32)38/h3-27H,1-2H3. The highest BCUT2D eigenvalue weighted by molar-refractivity contribution is 7.26. The minimum atomic E-state index is -0.102. The molecular formula is C45H31NS. The van der Waals surface area contributed by atoms with Crippen molar-refractivity contribution in [3.63, 3.8) is 0 Å². The molecule has 1 nitrogen and oxygen atoms in total. The lowest BCUT2D eigenvalue weighted by Gasteiger charge is -2.23. The molecule has 1 aliphatic carbocycles. The highest BCUT2D eigenvalue weighted by Crippen LogP contribution is 2.53. The highest BCUT2D eigenvalue weighted by atomic mass is 32.1. The van der Waals surface area contributed by atoms with E-state index in [1.807, 2.05) is 11.3 Å². The number of rotatable bonds is 3. The Morgan fingerprint density at radius 1 is 0.489 bits per heavy atom. The number of nitrogens with zero attached hydrogens (tertiary/aromatic N) is 1. The van der Waals surface area contributed by atoms with Gasteiger partial charge in [0.05, 0.1) is 11.0 Å². The molecule has 0 spiro atoms. The first kappa shape index (κ1) is 26.7. The Balaban J connectivity index is 1.12. The number of fused-ring (bicyclic) bond motifs is 10. The maximum atomic E-state index is 2.50. The third-order valence-corrected chi connectivity index (χ3v) is 11.6. The van der Waals surface area contributed by atoms with Crippen LogP contribution in [0.3, 0.4) is 0 Å². The number of aromatic nitrogens is 1. The number of hydrogen-bond donors (Lipinski definition) is 0. The fourth-order valence-corrected chi connectivity index (χ4v) is 9.46. The summed E-state index contributed by atoms with van der Waals surface area (Å²) in [6.45, 7) is 4.77. The van der Waals surface area contributed by atoms with Crippen molar-refractivity contribution in [3.05, 3.63) is 163 Å². The maximum absolute atomic E-state index is 2.50. The fraction of sp³-hybridized carbons (Fsp3) is 0.0667. The van der Waals surface area contributed by atoms with E-state index in [1.54, 1.807) is 0 Å². The molecule has 2 heteroatoms. The molecule has 0 bridgehead atoms. The van der Waals surface area contributed by atoms with Crippen LogP contribution in [0, 0.1) is 0 Å². The van der Waals surface area contributed by atoms with Crippen molar-refractivity contribution in [3.8, 4) is 39.1 Å². The first-order chi connectivity index (χ1) is 23.1. The molecule has 0 saturated heterocycles. The van der Waals surface area contributed by atoms with Gasteiger partial charge in [-0.05, 0) is 74.8 Å². The van der Waals surface area contributed by atoms with E-state index in [9.17, 15) is 0 Å². The summed E-state index contributed by atoms with van der Waals surface area (Å²) >= 11 is 1.89. The predicted molar refractivity (Wildman–Crippen MR) is 202 cm³/mol. The third kappa shape index (κ3) is 3.77. The van der Waals surface area contributed by atoms with Crippen molar-refractivity contribution in [1.29, 1.82) is 0 Å². The topological polar surface area (TPSA) is 4.93 Å². The first-order valence-corrected chi connectivity index (χ1v) is 17.2. The SMILES string of the molecule is CC1(C)c2ccccc2-c2ccc3c4ccccc4n(-c4ccc(-c5cccc(-c6cccc7c6sc6ccccc67)c5)cc4)c3c21. The van der Waals surface area contributed by atoms with E-state index >= 15 is 0 Å². The second kappa shape index (κ2) is 9.78. The average molecular weight is 618 g/mol.